The molecule has 1 atom stereocenters. The molecular formula is C65H106O6. The minimum atomic E-state index is -0.834. The van der Waals surface area contributed by atoms with E-state index in [4.69, 9.17) is 14.2 Å². The van der Waals surface area contributed by atoms with Crippen LogP contribution in [0.4, 0.5) is 0 Å². The fraction of sp³-hybridized carbons (Fsp3) is 0.646. The zero-order valence-corrected chi connectivity index (χ0v) is 45.9. The molecule has 0 aliphatic rings. The normalized spacial score (nSPS) is 13.0. The Hall–Kier alpha value is -4.19. The molecule has 0 aromatic heterocycles. The molecule has 0 bridgehead atoms. The number of ether oxygens (including phenoxy) is 3. The Bertz CT molecular complexity index is 1500. The minimum Gasteiger partial charge on any atom is -0.462 e. The van der Waals surface area contributed by atoms with Gasteiger partial charge in [-0.15, -0.1) is 0 Å². The van der Waals surface area contributed by atoms with E-state index in [-0.39, 0.29) is 44.0 Å². The molecule has 0 aliphatic carbocycles. The molecule has 0 radical (unpaired) electrons. The van der Waals surface area contributed by atoms with Crippen LogP contribution in [0.5, 0.6) is 0 Å². The summed E-state index contributed by atoms with van der Waals surface area (Å²) < 4.78 is 16.8. The predicted molar refractivity (Wildman–Crippen MR) is 306 cm³/mol. The van der Waals surface area contributed by atoms with Crippen LogP contribution < -0.4 is 0 Å². The third kappa shape index (κ3) is 56.6. The van der Waals surface area contributed by atoms with Crippen molar-refractivity contribution in [1.29, 1.82) is 0 Å². The molecule has 0 aromatic rings. The van der Waals surface area contributed by atoms with Crippen molar-refractivity contribution >= 4 is 17.9 Å². The van der Waals surface area contributed by atoms with Crippen molar-refractivity contribution < 1.29 is 28.6 Å². The van der Waals surface area contributed by atoms with Crippen LogP contribution in [0.15, 0.2) is 122 Å². The Morgan fingerprint density at radius 3 is 0.901 bits per heavy atom. The van der Waals surface area contributed by atoms with E-state index in [1.54, 1.807) is 0 Å². The summed E-state index contributed by atoms with van der Waals surface area (Å²) in [6, 6.07) is 0. The topological polar surface area (TPSA) is 78.9 Å². The lowest BCUT2D eigenvalue weighted by atomic mass is 10.1. The van der Waals surface area contributed by atoms with Gasteiger partial charge in [-0.2, -0.15) is 0 Å². The summed E-state index contributed by atoms with van der Waals surface area (Å²) in [4.78, 5) is 38.1. The molecule has 0 spiro atoms. The number of esters is 3. The summed E-state index contributed by atoms with van der Waals surface area (Å²) in [5, 5.41) is 0. The van der Waals surface area contributed by atoms with Crippen molar-refractivity contribution in [3.05, 3.63) is 122 Å². The van der Waals surface area contributed by atoms with Gasteiger partial charge in [0, 0.05) is 19.3 Å². The van der Waals surface area contributed by atoms with Crippen LogP contribution in [0.2, 0.25) is 0 Å². The van der Waals surface area contributed by atoms with Gasteiger partial charge in [-0.05, 0) is 128 Å². The Balaban J connectivity index is 4.55. The summed E-state index contributed by atoms with van der Waals surface area (Å²) >= 11 is 0. The van der Waals surface area contributed by atoms with Crippen LogP contribution in [0.3, 0.4) is 0 Å². The fourth-order valence-corrected chi connectivity index (χ4v) is 7.52. The van der Waals surface area contributed by atoms with Crippen molar-refractivity contribution in [2.75, 3.05) is 13.2 Å². The zero-order chi connectivity index (χ0) is 51.4. The van der Waals surface area contributed by atoms with Crippen LogP contribution in [0.25, 0.3) is 0 Å². The SMILES string of the molecule is CCCCC/C=C\C/C=C\C/C=C\C/C=C\C/C=C\CCC(=O)OC[C@H](COC(=O)CCCCCCCCCCC/C=C\C/C=C\CCCCC)OC(=O)CCCC/C=C\C/C=C\C/C=C\CCCCC. The molecule has 0 rings (SSSR count). The van der Waals surface area contributed by atoms with E-state index in [0.29, 0.717) is 19.3 Å². The molecular weight excluding hydrogens is 877 g/mol. The number of carbonyl (C=O) groups is 3. The first-order chi connectivity index (χ1) is 35.0. The maximum absolute atomic E-state index is 12.8. The highest BCUT2D eigenvalue weighted by Crippen LogP contribution is 2.13. The highest BCUT2D eigenvalue weighted by Gasteiger charge is 2.19. The lowest BCUT2D eigenvalue weighted by Gasteiger charge is -2.18. The third-order valence-corrected chi connectivity index (χ3v) is 11.9. The number of unbranched alkanes of at least 4 members (excludes halogenated alkanes) is 20. The van der Waals surface area contributed by atoms with E-state index < -0.39 is 6.10 Å². The van der Waals surface area contributed by atoms with Gasteiger partial charge in [-0.3, -0.25) is 14.4 Å². The standard InChI is InChI=1S/C65H106O6/c1-4-7-10-13-16-19-22-25-28-30-32-34-37-39-42-45-48-51-54-57-63(66)69-60-62(71-65(68)59-56-53-50-47-44-41-36-27-24-21-18-15-12-9-6-3)61-70-64(67)58-55-52-49-46-43-40-38-35-33-31-29-26-23-20-17-14-11-8-5-2/h16-21,25-29,32,34,36,39,42,44,47-48,51,62H,4-15,22-24,30-31,33,35,37-38,40-41,43,45-46,49-50,52-61H2,1-3H3/b19-16-,20-17-,21-18-,28-25-,29-26-,34-32-,36-27-,42-39-,47-44-,51-48-/t62-/m1/s1. The second-order valence-electron chi connectivity index (χ2n) is 18.8. The van der Waals surface area contributed by atoms with Gasteiger partial charge >= 0.3 is 17.9 Å². The van der Waals surface area contributed by atoms with Crippen LogP contribution in [0, 0.1) is 0 Å². The van der Waals surface area contributed by atoms with Gasteiger partial charge in [-0.25, -0.2) is 0 Å². The molecule has 6 nitrogen and oxygen atoms in total. The fourth-order valence-electron chi connectivity index (χ4n) is 7.52. The number of hydrogen-bond donors (Lipinski definition) is 0. The number of hydrogen-bond acceptors (Lipinski definition) is 6. The van der Waals surface area contributed by atoms with E-state index in [9.17, 15) is 14.4 Å². The molecule has 0 aliphatic heterocycles. The van der Waals surface area contributed by atoms with Crippen molar-refractivity contribution in [3.8, 4) is 0 Å². The van der Waals surface area contributed by atoms with Crippen molar-refractivity contribution in [1.82, 2.24) is 0 Å². The average Bonchev–Trinajstić information content (AvgIpc) is 3.37. The lowest BCUT2D eigenvalue weighted by Crippen LogP contribution is -2.30. The van der Waals surface area contributed by atoms with Gasteiger partial charge < -0.3 is 14.2 Å². The van der Waals surface area contributed by atoms with Gasteiger partial charge in [-0.1, -0.05) is 226 Å². The first kappa shape index (κ1) is 66.8. The van der Waals surface area contributed by atoms with Crippen LogP contribution in [0.1, 0.15) is 252 Å². The van der Waals surface area contributed by atoms with Crippen molar-refractivity contribution in [2.24, 2.45) is 0 Å². The van der Waals surface area contributed by atoms with Gasteiger partial charge in [0.2, 0.25) is 0 Å². The molecule has 71 heavy (non-hydrogen) atoms. The molecule has 0 aromatic carbocycles. The molecule has 0 amide bonds. The maximum atomic E-state index is 12.8. The monoisotopic (exact) mass is 983 g/mol. The number of rotatable bonds is 51. The van der Waals surface area contributed by atoms with Gasteiger partial charge in [0.15, 0.2) is 6.10 Å². The summed E-state index contributed by atoms with van der Waals surface area (Å²) in [5.41, 5.74) is 0. The highest BCUT2D eigenvalue weighted by atomic mass is 16.6. The quantitative estimate of drug-likeness (QED) is 0.0261. The average molecular weight is 984 g/mol. The summed E-state index contributed by atoms with van der Waals surface area (Å²) in [6.07, 6.45) is 80.5. The Labute approximate surface area is 437 Å². The molecule has 0 saturated carbocycles. The highest BCUT2D eigenvalue weighted by molar-refractivity contribution is 5.71. The first-order valence-corrected chi connectivity index (χ1v) is 29.0. The van der Waals surface area contributed by atoms with Crippen LogP contribution in [-0.2, 0) is 28.6 Å². The number of allylic oxidation sites excluding steroid dienone is 20. The van der Waals surface area contributed by atoms with Crippen molar-refractivity contribution in [2.45, 2.75) is 258 Å². The summed E-state index contributed by atoms with van der Waals surface area (Å²) in [6.45, 7) is 6.46. The number of carbonyl (C=O) groups excluding carboxylic acids is 3. The molecule has 0 saturated heterocycles. The Kier molecular flexibility index (Phi) is 54.9. The molecule has 0 unspecified atom stereocenters. The molecule has 6 heteroatoms. The van der Waals surface area contributed by atoms with E-state index >= 15 is 0 Å². The first-order valence-electron chi connectivity index (χ1n) is 29.0. The van der Waals surface area contributed by atoms with Crippen LogP contribution >= 0.6 is 0 Å². The van der Waals surface area contributed by atoms with E-state index in [0.717, 1.165) is 77.0 Å². The Morgan fingerprint density at radius 2 is 0.535 bits per heavy atom. The van der Waals surface area contributed by atoms with Crippen molar-refractivity contribution in [3.63, 3.8) is 0 Å². The smallest absolute Gasteiger partial charge is 0.306 e. The van der Waals surface area contributed by atoms with Gasteiger partial charge in [0.1, 0.15) is 13.2 Å². The third-order valence-electron chi connectivity index (χ3n) is 11.9. The van der Waals surface area contributed by atoms with Gasteiger partial charge in [0.25, 0.3) is 0 Å². The van der Waals surface area contributed by atoms with Crippen LogP contribution in [-0.4, -0.2) is 37.2 Å². The van der Waals surface area contributed by atoms with Gasteiger partial charge in [0.05, 0.1) is 0 Å². The maximum Gasteiger partial charge on any atom is 0.306 e. The Morgan fingerprint density at radius 1 is 0.282 bits per heavy atom. The largest absolute Gasteiger partial charge is 0.462 e. The second kappa shape index (κ2) is 58.4. The van der Waals surface area contributed by atoms with E-state index in [1.807, 2.05) is 6.08 Å². The van der Waals surface area contributed by atoms with E-state index in [1.165, 1.54) is 122 Å². The second-order valence-corrected chi connectivity index (χ2v) is 18.8. The summed E-state index contributed by atoms with van der Waals surface area (Å²) in [7, 11) is 0. The molecule has 0 heterocycles. The molecule has 402 valence electrons. The lowest BCUT2D eigenvalue weighted by molar-refractivity contribution is -0.166. The molecule has 0 N–H and O–H groups in total. The van der Waals surface area contributed by atoms with E-state index in [2.05, 4.69) is 136 Å². The summed E-state index contributed by atoms with van der Waals surface area (Å²) in [5.74, 6) is -1.05. The zero-order valence-electron chi connectivity index (χ0n) is 45.9. The minimum absolute atomic E-state index is 0.121. The predicted octanol–water partition coefficient (Wildman–Crippen LogP) is 19.6. The molecule has 0 fully saturated rings.